The van der Waals surface area contributed by atoms with Crippen molar-refractivity contribution in [2.45, 2.75) is 6.61 Å². The van der Waals surface area contributed by atoms with Gasteiger partial charge in [-0.25, -0.2) is 19.9 Å². The first kappa shape index (κ1) is 31.1. The molecule has 0 radical (unpaired) electrons. The van der Waals surface area contributed by atoms with E-state index in [1.165, 1.54) is 0 Å². The third-order valence-electron chi connectivity index (χ3n) is 5.92. The fourth-order valence-electron chi connectivity index (χ4n) is 3.74. The van der Waals surface area contributed by atoms with E-state index in [1.807, 2.05) is 89.4 Å². The Morgan fingerprint density at radius 2 is 1.00 bits per heavy atom. The van der Waals surface area contributed by atoms with Crippen molar-refractivity contribution in [2.24, 2.45) is 28.2 Å². The van der Waals surface area contributed by atoms with Crippen LogP contribution in [0.3, 0.4) is 0 Å². The smallest absolute Gasteiger partial charge is 0.176 e. The Bertz CT molecular complexity index is 1530. The van der Waals surface area contributed by atoms with E-state index >= 15 is 0 Å². The van der Waals surface area contributed by atoms with Crippen LogP contribution >= 0.6 is 0 Å². The van der Waals surface area contributed by atoms with Crippen molar-refractivity contribution in [3.63, 3.8) is 0 Å². The molecule has 12 nitrogen and oxygen atoms in total. The molecule has 0 atom stereocenters. The normalized spacial score (nSPS) is 10.1. The molecule has 1 N–H and O–H groups in total. The minimum atomic E-state index is 0. The van der Waals surface area contributed by atoms with Gasteiger partial charge < -0.3 is 28.1 Å². The van der Waals surface area contributed by atoms with Gasteiger partial charge in [0.2, 0.25) is 0 Å². The van der Waals surface area contributed by atoms with Crippen LogP contribution in [0.2, 0.25) is 0 Å². The Kier molecular flexibility index (Phi) is 11.2. The first-order valence-corrected chi connectivity index (χ1v) is 12.4. The maximum absolute atomic E-state index is 8.97. The SMILES string of the molecule is COc1ccnc(-c2nccn2C)c1.Cn1ccnc1-c1cc(CO)ccn1.Cn1ccnc1-c1nccn1C.[Os]. The van der Waals surface area contributed by atoms with Crippen molar-refractivity contribution in [1.82, 2.24) is 48.2 Å². The molecule has 6 aromatic heterocycles. The van der Waals surface area contributed by atoms with E-state index in [9.17, 15) is 0 Å². The van der Waals surface area contributed by atoms with E-state index < -0.39 is 0 Å². The zero-order chi connectivity index (χ0) is 28.5. The van der Waals surface area contributed by atoms with Crippen LogP contribution in [0.15, 0.2) is 86.2 Å². The topological polar surface area (TPSA) is 127 Å². The number of hydrogen-bond acceptors (Lipinski definition) is 8. The quantitative estimate of drug-likeness (QED) is 0.287. The summed E-state index contributed by atoms with van der Waals surface area (Å²) in [5.74, 6) is 4.22. The Morgan fingerprint density at radius 3 is 1.39 bits per heavy atom. The molecule has 0 amide bonds. The fraction of sp³-hybridized carbons (Fsp3) is 0.214. The van der Waals surface area contributed by atoms with Gasteiger partial charge in [-0.1, -0.05) is 0 Å². The summed E-state index contributed by atoms with van der Waals surface area (Å²) in [6, 6.07) is 7.30. The monoisotopic (exact) mass is 732 g/mol. The Balaban J connectivity index is 0.000000168. The van der Waals surface area contributed by atoms with Crippen molar-refractivity contribution < 1.29 is 29.6 Å². The summed E-state index contributed by atoms with van der Waals surface area (Å²) in [5, 5.41) is 8.97. The van der Waals surface area contributed by atoms with Crippen LogP contribution in [0.5, 0.6) is 5.75 Å². The maximum Gasteiger partial charge on any atom is 0.176 e. The number of aliphatic hydroxyl groups excluding tert-OH is 1. The molecular weight excluding hydrogens is 699 g/mol. The molecule has 0 unspecified atom stereocenters. The van der Waals surface area contributed by atoms with Crippen LogP contribution in [0.1, 0.15) is 5.56 Å². The van der Waals surface area contributed by atoms with Crippen LogP contribution in [0, 0.1) is 0 Å². The number of ether oxygens (including phenoxy) is 1. The summed E-state index contributed by atoms with van der Waals surface area (Å²) in [7, 11) is 9.39. The number of rotatable bonds is 5. The Morgan fingerprint density at radius 1 is 0.585 bits per heavy atom. The molecule has 0 aliphatic rings. The number of hydrogen-bond donors (Lipinski definition) is 1. The van der Waals surface area contributed by atoms with Gasteiger partial charge in [0.1, 0.15) is 17.1 Å². The molecule has 0 aliphatic carbocycles. The van der Waals surface area contributed by atoms with Gasteiger partial charge in [-0.15, -0.1) is 0 Å². The van der Waals surface area contributed by atoms with Crippen LogP contribution in [-0.4, -0.2) is 60.4 Å². The van der Waals surface area contributed by atoms with Gasteiger partial charge in [-0.05, 0) is 23.8 Å². The summed E-state index contributed by atoms with van der Waals surface area (Å²) < 4.78 is 12.8. The molecule has 0 aromatic carbocycles. The van der Waals surface area contributed by atoms with E-state index in [4.69, 9.17) is 9.84 Å². The van der Waals surface area contributed by atoms with E-state index in [0.717, 1.165) is 46.0 Å². The Labute approximate surface area is 251 Å². The molecule has 0 saturated carbocycles. The van der Waals surface area contributed by atoms with Crippen LogP contribution in [0.25, 0.3) is 34.7 Å². The summed E-state index contributed by atoms with van der Waals surface area (Å²) in [5.41, 5.74) is 2.44. The minimum absolute atomic E-state index is 0. The molecule has 6 heterocycles. The maximum atomic E-state index is 8.97. The standard InChI is InChI=1S/2C10H11N3O.C8H10N4.Os/c1-13-6-5-12-10(13)9-7-8(14-2)3-4-11-9;1-13-5-4-12-10(13)9-6-8(7-14)2-3-11-9;1-11-5-3-9-7(11)8-10-4-6-12(8)2;/h3-7H,1-2H3;2-6,14H,7H2,1H3;3-6H,1-2H3;. The van der Waals surface area contributed by atoms with Crippen molar-refractivity contribution in [3.8, 4) is 40.4 Å². The zero-order valence-corrected chi connectivity index (χ0v) is 26.0. The first-order valence-electron chi connectivity index (χ1n) is 12.4. The summed E-state index contributed by atoms with van der Waals surface area (Å²) in [6.07, 6.45) is 18.0. The molecule has 0 fully saturated rings. The predicted molar refractivity (Wildman–Crippen MR) is 151 cm³/mol. The Hall–Kier alpha value is -4.46. The van der Waals surface area contributed by atoms with Gasteiger partial charge in [0.05, 0.1) is 13.7 Å². The number of methoxy groups -OCH3 is 1. The molecule has 41 heavy (non-hydrogen) atoms. The van der Waals surface area contributed by atoms with Gasteiger partial charge >= 0.3 is 0 Å². The molecule has 0 saturated heterocycles. The third-order valence-corrected chi connectivity index (χ3v) is 5.92. The van der Waals surface area contributed by atoms with E-state index in [2.05, 4.69) is 29.9 Å². The van der Waals surface area contributed by atoms with Gasteiger partial charge in [0.25, 0.3) is 0 Å². The molecule has 6 rings (SSSR count). The van der Waals surface area contributed by atoms with Crippen LogP contribution < -0.4 is 4.74 Å². The van der Waals surface area contributed by atoms with Gasteiger partial charge in [0.15, 0.2) is 23.3 Å². The largest absolute Gasteiger partial charge is 0.497 e. The van der Waals surface area contributed by atoms with Gasteiger partial charge in [-0.3, -0.25) is 9.97 Å². The third kappa shape index (κ3) is 7.81. The average Bonchev–Trinajstić information content (AvgIpc) is 3.79. The number of aryl methyl sites for hydroxylation is 4. The van der Waals surface area contributed by atoms with Crippen molar-refractivity contribution >= 4 is 0 Å². The summed E-state index contributed by atoms with van der Waals surface area (Å²) in [4.78, 5) is 25.2. The molecular formula is C28H32N10O2Os. The van der Waals surface area contributed by atoms with Crippen LogP contribution in [-0.2, 0) is 54.6 Å². The second-order valence-corrected chi connectivity index (χ2v) is 8.74. The van der Waals surface area contributed by atoms with E-state index in [0.29, 0.717) is 0 Å². The number of imidazole rings is 4. The molecule has 214 valence electrons. The van der Waals surface area contributed by atoms with E-state index in [-0.39, 0.29) is 26.4 Å². The molecule has 0 spiro atoms. The predicted octanol–water partition coefficient (Wildman–Crippen LogP) is 3.28. The van der Waals surface area contributed by atoms with Crippen molar-refractivity contribution in [2.75, 3.05) is 7.11 Å². The molecule has 0 aliphatic heterocycles. The minimum Gasteiger partial charge on any atom is -0.497 e. The summed E-state index contributed by atoms with van der Waals surface area (Å²) >= 11 is 0. The van der Waals surface area contributed by atoms with Gasteiger partial charge in [0, 0.05) is 116 Å². The zero-order valence-electron chi connectivity index (χ0n) is 23.5. The molecule has 0 bridgehead atoms. The average molecular weight is 731 g/mol. The van der Waals surface area contributed by atoms with Crippen molar-refractivity contribution in [3.05, 3.63) is 91.8 Å². The number of nitrogens with zero attached hydrogens (tertiary/aromatic N) is 10. The van der Waals surface area contributed by atoms with Crippen molar-refractivity contribution in [1.29, 1.82) is 0 Å². The number of aromatic nitrogens is 10. The fourth-order valence-corrected chi connectivity index (χ4v) is 3.74. The second kappa shape index (κ2) is 14.8. The second-order valence-electron chi connectivity index (χ2n) is 8.74. The molecule has 13 heteroatoms. The first-order chi connectivity index (χ1) is 19.4. The number of aliphatic hydroxyl groups is 1. The van der Waals surface area contributed by atoms with E-state index in [1.54, 1.807) is 50.4 Å². The van der Waals surface area contributed by atoms with Gasteiger partial charge in [-0.2, -0.15) is 0 Å². The summed E-state index contributed by atoms with van der Waals surface area (Å²) in [6.45, 7) is 0.0277. The number of pyridine rings is 2. The van der Waals surface area contributed by atoms with Crippen LogP contribution in [0.4, 0.5) is 0 Å². The molecule has 6 aromatic rings.